The fourth-order valence-corrected chi connectivity index (χ4v) is 2.67. The molecule has 20 heavy (non-hydrogen) atoms. The van der Waals surface area contributed by atoms with E-state index in [-0.39, 0.29) is 18.9 Å². The van der Waals surface area contributed by atoms with Crippen molar-refractivity contribution in [1.29, 1.82) is 0 Å². The number of carbonyl (C=O) groups excluding carboxylic acids is 2. The maximum atomic E-state index is 12.4. The summed E-state index contributed by atoms with van der Waals surface area (Å²) in [6, 6.07) is 0. The number of carbonyl (C=O) groups is 3. The van der Waals surface area contributed by atoms with Gasteiger partial charge in [0.1, 0.15) is 0 Å². The predicted molar refractivity (Wildman–Crippen MR) is 69.9 cm³/mol. The van der Waals surface area contributed by atoms with Crippen molar-refractivity contribution in [3.05, 3.63) is 0 Å². The van der Waals surface area contributed by atoms with Crippen LogP contribution in [-0.4, -0.2) is 46.1 Å². The highest BCUT2D eigenvalue weighted by Crippen LogP contribution is 2.31. The zero-order valence-electron chi connectivity index (χ0n) is 11.7. The lowest BCUT2D eigenvalue weighted by Gasteiger charge is -2.32. The van der Waals surface area contributed by atoms with Crippen molar-refractivity contribution in [1.82, 2.24) is 10.4 Å². The Morgan fingerprint density at radius 3 is 2.30 bits per heavy atom. The number of amides is 2. The second kappa shape index (κ2) is 7.84. The molecule has 1 rings (SSSR count). The molecule has 2 amide bonds. The zero-order valence-corrected chi connectivity index (χ0v) is 11.7. The molecular formula is C13H22N2O5. The molecule has 0 saturated heterocycles. The van der Waals surface area contributed by atoms with Gasteiger partial charge in [0, 0.05) is 19.5 Å². The lowest BCUT2D eigenvalue weighted by atomic mass is 9.78. The first-order valence-corrected chi connectivity index (χ1v) is 6.95. The fraction of sp³-hybridized carbons (Fsp3) is 0.769. The van der Waals surface area contributed by atoms with E-state index in [0.717, 1.165) is 12.8 Å². The SMILES string of the molecule is CCN(CCC(=O)NO)C(=O)[C@@H]1CCCC[C@H]1C(=O)O. The Labute approximate surface area is 117 Å². The summed E-state index contributed by atoms with van der Waals surface area (Å²) in [5.74, 6) is -2.82. The molecule has 1 aliphatic rings. The molecule has 0 bridgehead atoms. The minimum atomic E-state index is -0.924. The quantitative estimate of drug-likeness (QED) is 0.490. The van der Waals surface area contributed by atoms with Crippen LogP contribution in [0.1, 0.15) is 39.0 Å². The van der Waals surface area contributed by atoms with Crippen LogP contribution < -0.4 is 5.48 Å². The third-order valence-electron chi connectivity index (χ3n) is 3.83. The molecule has 1 aliphatic carbocycles. The van der Waals surface area contributed by atoms with Crippen molar-refractivity contribution >= 4 is 17.8 Å². The summed E-state index contributed by atoms with van der Waals surface area (Å²) in [6.45, 7) is 2.39. The summed E-state index contributed by atoms with van der Waals surface area (Å²) in [6.07, 6.45) is 2.80. The van der Waals surface area contributed by atoms with E-state index in [9.17, 15) is 19.5 Å². The van der Waals surface area contributed by atoms with E-state index in [1.807, 2.05) is 0 Å². The third kappa shape index (κ3) is 4.19. The summed E-state index contributed by atoms with van der Waals surface area (Å²) in [5.41, 5.74) is 1.52. The van der Waals surface area contributed by atoms with Crippen molar-refractivity contribution < 1.29 is 24.7 Å². The van der Waals surface area contributed by atoms with Gasteiger partial charge in [0.05, 0.1) is 11.8 Å². The maximum absolute atomic E-state index is 12.4. The van der Waals surface area contributed by atoms with Crippen molar-refractivity contribution in [3.8, 4) is 0 Å². The van der Waals surface area contributed by atoms with E-state index in [1.54, 1.807) is 6.92 Å². The molecule has 0 unspecified atom stereocenters. The highest BCUT2D eigenvalue weighted by molar-refractivity contribution is 5.85. The molecule has 0 aromatic rings. The number of aliphatic carboxylic acids is 1. The van der Waals surface area contributed by atoms with Gasteiger partial charge in [0.25, 0.3) is 0 Å². The highest BCUT2D eigenvalue weighted by Gasteiger charge is 2.37. The third-order valence-corrected chi connectivity index (χ3v) is 3.83. The number of nitrogens with zero attached hydrogens (tertiary/aromatic N) is 1. The van der Waals surface area contributed by atoms with Crippen LogP contribution in [0.4, 0.5) is 0 Å². The van der Waals surface area contributed by atoms with Gasteiger partial charge in [-0.05, 0) is 19.8 Å². The van der Waals surface area contributed by atoms with E-state index in [1.165, 1.54) is 10.4 Å². The molecule has 0 aromatic carbocycles. The lowest BCUT2D eigenvalue weighted by molar-refractivity contribution is -0.152. The standard InChI is InChI=1S/C13H22N2O5/c1-2-15(8-7-11(16)14-20)12(17)9-5-3-4-6-10(9)13(18)19/h9-10,20H,2-8H2,1H3,(H,14,16)(H,18,19)/t9-,10-/m1/s1. The van der Waals surface area contributed by atoms with Crippen LogP contribution in [0.5, 0.6) is 0 Å². The first kappa shape index (κ1) is 16.4. The van der Waals surface area contributed by atoms with Crippen LogP contribution in [0.25, 0.3) is 0 Å². The van der Waals surface area contributed by atoms with Gasteiger partial charge < -0.3 is 10.0 Å². The molecule has 3 N–H and O–H groups in total. The van der Waals surface area contributed by atoms with Crippen LogP contribution in [0.2, 0.25) is 0 Å². The molecular weight excluding hydrogens is 264 g/mol. The van der Waals surface area contributed by atoms with Crippen LogP contribution in [0, 0.1) is 11.8 Å². The molecule has 0 aromatic heterocycles. The van der Waals surface area contributed by atoms with Gasteiger partial charge in [-0.2, -0.15) is 0 Å². The fourth-order valence-electron chi connectivity index (χ4n) is 2.67. The number of hydroxylamine groups is 1. The van der Waals surface area contributed by atoms with E-state index < -0.39 is 23.7 Å². The van der Waals surface area contributed by atoms with Gasteiger partial charge in [0.2, 0.25) is 11.8 Å². The summed E-state index contributed by atoms with van der Waals surface area (Å²) in [5, 5.41) is 17.6. The van der Waals surface area contributed by atoms with Crippen molar-refractivity contribution in [3.63, 3.8) is 0 Å². The number of nitrogens with one attached hydrogen (secondary N) is 1. The van der Waals surface area contributed by atoms with Gasteiger partial charge in [-0.15, -0.1) is 0 Å². The van der Waals surface area contributed by atoms with Crippen LogP contribution in [0.15, 0.2) is 0 Å². The first-order chi connectivity index (χ1) is 9.51. The second-order valence-electron chi connectivity index (χ2n) is 5.04. The molecule has 7 nitrogen and oxygen atoms in total. The lowest BCUT2D eigenvalue weighted by Crippen LogP contribution is -2.43. The molecule has 0 radical (unpaired) electrons. The Morgan fingerprint density at radius 1 is 1.20 bits per heavy atom. The summed E-state index contributed by atoms with van der Waals surface area (Å²) in [4.78, 5) is 36.1. The van der Waals surface area contributed by atoms with E-state index >= 15 is 0 Å². The Bertz CT molecular complexity index is 372. The summed E-state index contributed by atoms with van der Waals surface area (Å²) < 4.78 is 0. The molecule has 1 saturated carbocycles. The highest BCUT2D eigenvalue weighted by atomic mass is 16.5. The first-order valence-electron chi connectivity index (χ1n) is 6.95. The van der Waals surface area contributed by atoms with Crippen LogP contribution in [0.3, 0.4) is 0 Å². The zero-order chi connectivity index (χ0) is 15.1. The monoisotopic (exact) mass is 286 g/mol. The Kier molecular flexibility index (Phi) is 6.44. The molecule has 0 aliphatic heterocycles. The Balaban J connectivity index is 2.68. The van der Waals surface area contributed by atoms with E-state index in [4.69, 9.17) is 5.21 Å². The van der Waals surface area contributed by atoms with Gasteiger partial charge in [0.15, 0.2) is 0 Å². The van der Waals surface area contributed by atoms with E-state index in [0.29, 0.717) is 19.4 Å². The number of rotatable bonds is 6. The molecule has 114 valence electrons. The molecule has 0 heterocycles. The second-order valence-corrected chi connectivity index (χ2v) is 5.04. The number of carboxylic acid groups (broad SMARTS) is 1. The molecule has 2 atom stereocenters. The van der Waals surface area contributed by atoms with E-state index in [2.05, 4.69) is 0 Å². The smallest absolute Gasteiger partial charge is 0.307 e. The minimum Gasteiger partial charge on any atom is -0.481 e. The number of carboxylic acids is 1. The number of hydrogen-bond acceptors (Lipinski definition) is 4. The Hall–Kier alpha value is -1.63. The molecule has 0 spiro atoms. The van der Waals surface area contributed by atoms with Crippen LogP contribution in [-0.2, 0) is 14.4 Å². The van der Waals surface area contributed by atoms with Gasteiger partial charge in [-0.25, -0.2) is 5.48 Å². The van der Waals surface area contributed by atoms with Crippen LogP contribution >= 0.6 is 0 Å². The minimum absolute atomic E-state index is 0.000534. The average Bonchev–Trinajstić information content (AvgIpc) is 2.47. The average molecular weight is 286 g/mol. The predicted octanol–water partition coefficient (Wildman–Crippen LogP) is 0.621. The molecule has 7 heteroatoms. The molecule has 1 fully saturated rings. The largest absolute Gasteiger partial charge is 0.481 e. The van der Waals surface area contributed by atoms with Gasteiger partial charge in [-0.1, -0.05) is 12.8 Å². The maximum Gasteiger partial charge on any atom is 0.307 e. The summed E-state index contributed by atoms with van der Waals surface area (Å²) >= 11 is 0. The number of hydrogen-bond donors (Lipinski definition) is 3. The van der Waals surface area contributed by atoms with Crippen molar-refractivity contribution in [2.75, 3.05) is 13.1 Å². The van der Waals surface area contributed by atoms with Crippen molar-refractivity contribution in [2.24, 2.45) is 11.8 Å². The normalized spacial score (nSPS) is 22.1. The Morgan fingerprint density at radius 2 is 1.80 bits per heavy atom. The van der Waals surface area contributed by atoms with Crippen molar-refractivity contribution in [2.45, 2.75) is 39.0 Å². The topological polar surface area (TPSA) is 107 Å². The van der Waals surface area contributed by atoms with Gasteiger partial charge >= 0.3 is 5.97 Å². The summed E-state index contributed by atoms with van der Waals surface area (Å²) in [7, 11) is 0. The van der Waals surface area contributed by atoms with Gasteiger partial charge in [-0.3, -0.25) is 19.6 Å².